The van der Waals surface area contributed by atoms with Gasteiger partial charge in [-0.25, -0.2) is 0 Å². The molecule has 0 bridgehead atoms. The quantitative estimate of drug-likeness (QED) is 0.114. The highest BCUT2D eigenvalue weighted by molar-refractivity contribution is 6.31. The molecule has 15 nitrogen and oxygen atoms in total. The van der Waals surface area contributed by atoms with E-state index in [9.17, 15) is 59.0 Å². The molecule has 0 radical (unpaired) electrons. The minimum Gasteiger partial charge on any atom is -0.388 e. The first-order chi connectivity index (χ1) is 43.1. The Balaban J connectivity index is 0.000000152. The molecule has 2 saturated carbocycles. The zero-order valence-corrected chi connectivity index (χ0v) is 52.3. The predicted molar refractivity (Wildman–Crippen MR) is 321 cm³/mol. The number of nitrogens with one attached hydrogen (secondary N) is 1. The van der Waals surface area contributed by atoms with Gasteiger partial charge in [-0.2, -0.15) is 39.5 Å². The van der Waals surface area contributed by atoms with Crippen molar-refractivity contribution in [2.24, 2.45) is 0 Å². The number of ether oxygens (including phenoxy) is 5. The molecule has 6 fully saturated rings. The van der Waals surface area contributed by atoms with Crippen LogP contribution in [0, 0.1) is 20.8 Å². The van der Waals surface area contributed by atoms with Crippen molar-refractivity contribution in [3.8, 4) is 33.4 Å². The van der Waals surface area contributed by atoms with Crippen LogP contribution in [0.3, 0.4) is 0 Å². The number of H-pyrrole nitrogens is 1. The summed E-state index contributed by atoms with van der Waals surface area (Å²) in [5.74, 6) is -1.40. The molecule has 0 spiro atoms. The Bertz CT molecular complexity index is 3570. The lowest BCUT2D eigenvalue weighted by Crippen LogP contribution is -2.42. The molecule has 492 valence electrons. The highest BCUT2D eigenvalue weighted by Gasteiger charge is 2.52. The first-order valence-electron chi connectivity index (χ1n) is 29.9. The highest BCUT2D eigenvalue weighted by atomic mass is 35.5. The summed E-state index contributed by atoms with van der Waals surface area (Å²) in [5.41, 5.74) is -2.49. The minimum absolute atomic E-state index is 0.00793. The van der Waals surface area contributed by atoms with Crippen molar-refractivity contribution < 1.29 is 82.7 Å². The van der Waals surface area contributed by atoms with E-state index in [0.717, 1.165) is 22.0 Å². The zero-order chi connectivity index (χ0) is 65.4. The Morgan fingerprint density at radius 2 is 0.912 bits per heavy atom. The number of rotatable bonds is 12. The topological polar surface area (TPSA) is 153 Å². The third-order valence-corrected chi connectivity index (χ3v) is 17.8. The lowest BCUT2D eigenvalue weighted by Gasteiger charge is -2.31. The van der Waals surface area contributed by atoms with Gasteiger partial charge in [0.1, 0.15) is 34.2 Å². The average Bonchev–Trinajstić information content (AvgIpc) is 1.59. The van der Waals surface area contributed by atoms with Crippen molar-refractivity contribution in [2.45, 2.75) is 115 Å². The molecular formula is C64H68Cl3F9N6O9. The largest absolute Gasteiger partial charge is 0.431 e. The number of nitrogens with zero attached hydrogens (tertiary/aromatic N) is 5. The van der Waals surface area contributed by atoms with Crippen molar-refractivity contribution in [3.63, 3.8) is 0 Å². The van der Waals surface area contributed by atoms with Crippen LogP contribution in [-0.4, -0.2) is 155 Å². The molecule has 4 saturated heterocycles. The third-order valence-electron chi connectivity index (χ3n) is 17.0. The second-order valence-electron chi connectivity index (χ2n) is 23.5. The van der Waals surface area contributed by atoms with Gasteiger partial charge < -0.3 is 57.6 Å². The number of alkyl halides is 9. The van der Waals surface area contributed by atoms with E-state index < -0.39 is 70.8 Å². The number of carbonyl (C=O) groups excluding carboxylic acids is 3. The standard InChI is InChI=1S/C26H30ClF3N2O4.C21H22ClF3N2O3.C17H16ClF3N2O2/c1-17-21(18-5-7-19(27)8-6-18)22(24(33)31-11-14-34-15-12-31)32(23(17)26(28,29)30)16-25(9-10-25)36-20-4-2-3-13-35-20;1-13-16(14-2-4-15(22)5-3-14)17(19(28)26-8-10-30-11-9-26)27(12-20(29)6-7-20)18(13)21(23,24)25;1-10-13(11-2-4-12(18)5-3-11)14(22-15(10)17(19,20)21)16(24)23-6-8-25-9-7-23/h5-8,20H,2-4,9-16H2,1H3;2-5,29H,6-12H2,1H3;2-5,22H,6-9H2,1H3. The summed E-state index contributed by atoms with van der Waals surface area (Å²) in [7, 11) is 0. The zero-order valence-electron chi connectivity index (χ0n) is 50.0. The third kappa shape index (κ3) is 15.4. The fourth-order valence-electron chi connectivity index (χ4n) is 12.1. The summed E-state index contributed by atoms with van der Waals surface area (Å²) in [6, 6.07) is 19.3. The number of hydrogen-bond donors (Lipinski definition) is 2. The number of aromatic nitrogens is 3. The SMILES string of the molecule is Cc1c(-c2ccc(Cl)cc2)c(C(=O)N2CCOCC2)n(CC2(O)CC2)c1C(F)(F)F.Cc1c(-c2ccc(Cl)cc2)c(C(=O)N2CCOCC2)n(CC2(OC3CCCCO3)CC2)c1C(F)(F)F.Cc1c(C(F)(F)F)[nH]c(C(=O)N2CCOCC2)c1-c1ccc(Cl)cc1. The second kappa shape index (κ2) is 27.5. The van der Waals surface area contributed by atoms with Crippen molar-refractivity contribution >= 4 is 52.5 Å². The molecule has 7 heterocycles. The van der Waals surface area contributed by atoms with Crippen molar-refractivity contribution in [2.75, 3.05) is 85.5 Å². The smallest absolute Gasteiger partial charge is 0.388 e. The molecule has 2 aliphatic carbocycles. The number of carbonyl (C=O) groups is 3. The van der Waals surface area contributed by atoms with E-state index in [-0.39, 0.29) is 63.6 Å². The molecular weight excluding hydrogens is 1270 g/mol. The van der Waals surface area contributed by atoms with E-state index in [4.69, 9.17) is 58.5 Å². The van der Waals surface area contributed by atoms with Crippen molar-refractivity contribution in [3.05, 3.63) is 139 Å². The van der Waals surface area contributed by atoms with Gasteiger partial charge in [0.25, 0.3) is 17.7 Å². The maximum Gasteiger partial charge on any atom is 0.431 e. The van der Waals surface area contributed by atoms with Crippen LogP contribution in [0.5, 0.6) is 0 Å². The highest BCUT2D eigenvalue weighted by Crippen LogP contribution is 2.49. The number of amides is 3. The van der Waals surface area contributed by atoms with Crippen LogP contribution in [0.25, 0.3) is 33.4 Å². The molecule has 91 heavy (non-hydrogen) atoms. The first kappa shape index (κ1) is 67.8. The number of morpholine rings is 3. The number of halogens is 12. The summed E-state index contributed by atoms with van der Waals surface area (Å²) >= 11 is 17.9. The van der Waals surface area contributed by atoms with Crippen LogP contribution in [0.15, 0.2) is 72.8 Å². The Kier molecular flexibility index (Phi) is 20.5. The van der Waals surface area contributed by atoms with Crippen LogP contribution in [0.1, 0.15) is 110 Å². The van der Waals surface area contributed by atoms with E-state index in [0.29, 0.717) is 149 Å². The molecule has 1 atom stereocenters. The van der Waals surface area contributed by atoms with E-state index in [1.165, 1.54) is 30.6 Å². The van der Waals surface area contributed by atoms with Gasteiger partial charge in [0, 0.05) is 77.6 Å². The molecule has 27 heteroatoms. The molecule has 3 aromatic carbocycles. The maximum absolute atomic E-state index is 14.6. The first-order valence-corrected chi connectivity index (χ1v) is 31.0. The van der Waals surface area contributed by atoms with Gasteiger partial charge in [-0.3, -0.25) is 14.4 Å². The molecule has 4 aliphatic heterocycles. The van der Waals surface area contributed by atoms with Crippen molar-refractivity contribution in [1.29, 1.82) is 0 Å². The molecule has 3 aromatic heterocycles. The van der Waals surface area contributed by atoms with Crippen LogP contribution in [-0.2, 0) is 55.3 Å². The van der Waals surface area contributed by atoms with E-state index in [2.05, 4.69) is 4.98 Å². The van der Waals surface area contributed by atoms with Gasteiger partial charge in [-0.15, -0.1) is 0 Å². The van der Waals surface area contributed by atoms with Gasteiger partial charge in [-0.05, 0) is 135 Å². The minimum atomic E-state index is -4.68. The van der Waals surface area contributed by atoms with Gasteiger partial charge in [0.05, 0.1) is 63.9 Å². The van der Waals surface area contributed by atoms with Crippen LogP contribution >= 0.6 is 34.8 Å². The van der Waals surface area contributed by atoms with Gasteiger partial charge >= 0.3 is 18.5 Å². The number of hydrogen-bond acceptors (Lipinski definition) is 9. The van der Waals surface area contributed by atoms with Crippen LogP contribution < -0.4 is 0 Å². The maximum atomic E-state index is 14.6. The molecule has 6 aliphatic rings. The summed E-state index contributed by atoms with van der Waals surface area (Å²) < 4.78 is 156. The number of benzene rings is 3. The summed E-state index contributed by atoms with van der Waals surface area (Å²) in [6.07, 6.45) is -9.68. The van der Waals surface area contributed by atoms with Gasteiger partial charge in [0.2, 0.25) is 0 Å². The van der Waals surface area contributed by atoms with E-state index in [1.54, 1.807) is 77.7 Å². The van der Waals surface area contributed by atoms with E-state index >= 15 is 0 Å². The fourth-order valence-corrected chi connectivity index (χ4v) is 12.5. The summed E-state index contributed by atoms with van der Waals surface area (Å²) in [5, 5.41) is 11.8. The molecule has 6 aromatic rings. The lowest BCUT2D eigenvalue weighted by molar-refractivity contribution is -0.201. The molecule has 3 amide bonds. The summed E-state index contributed by atoms with van der Waals surface area (Å²) in [4.78, 5) is 47.0. The second-order valence-corrected chi connectivity index (χ2v) is 24.8. The Morgan fingerprint density at radius 3 is 1.26 bits per heavy atom. The molecule has 12 rings (SSSR count). The van der Waals surface area contributed by atoms with Crippen molar-refractivity contribution in [1.82, 2.24) is 28.8 Å². The van der Waals surface area contributed by atoms with Gasteiger partial charge in [-0.1, -0.05) is 71.2 Å². The fraction of sp³-hybridized carbons (Fsp3) is 0.484. The predicted octanol–water partition coefficient (Wildman–Crippen LogP) is 14.0. The monoisotopic (exact) mass is 1340 g/mol. The van der Waals surface area contributed by atoms with Crippen LogP contribution in [0.2, 0.25) is 15.1 Å². The average molecular weight is 1340 g/mol. The molecule has 1 unspecified atom stereocenters. The Hall–Kier alpha value is -6.09. The molecule has 2 N–H and O–H groups in total. The number of aromatic amines is 1. The summed E-state index contributed by atoms with van der Waals surface area (Å²) in [6.45, 7) is 8.43. The Labute approximate surface area is 534 Å². The lowest BCUT2D eigenvalue weighted by atomic mass is 10.00. The number of aliphatic hydroxyl groups is 1. The van der Waals surface area contributed by atoms with Crippen LogP contribution in [0.4, 0.5) is 39.5 Å². The van der Waals surface area contributed by atoms with E-state index in [1.807, 2.05) is 0 Å². The Morgan fingerprint density at radius 1 is 0.527 bits per heavy atom. The normalized spacial score (nSPS) is 19.1. The van der Waals surface area contributed by atoms with Gasteiger partial charge in [0.15, 0.2) is 6.29 Å².